The van der Waals surface area contributed by atoms with E-state index < -0.39 is 23.8 Å². The molecule has 1 aliphatic rings. The number of aliphatic hydroxyl groups excluding tert-OH is 1. The van der Waals surface area contributed by atoms with E-state index in [2.05, 4.69) is 0 Å². The summed E-state index contributed by atoms with van der Waals surface area (Å²) < 4.78 is 16.3. The number of amides is 1. The molecule has 0 saturated carbocycles. The van der Waals surface area contributed by atoms with Crippen LogP contribution >= 0.6 is 11.6 Å². The summed E-state index contributed by atoms with van der Waals surface area (Å²) in [6, 6.07) is 12.3. The van der Waals surface area contributed by atoms with Crippen LogP contribution in [0, 0.1) is 0 Å². The van der Waals surface area contributed by atoms with Crippen molar-refractivity contribution in [2.45, 2.75) is 64.7 Å². The molecule has 35 heavy (non-hydrogen) atoms. The summed E-state index contributed by atoms with van der Waals surface area (Å²) in [6.07, 6.45) is 0.996. The zero-order valence-electron chi connectivity index (χ0n) is 20.8. The van der Waals surface area contributed by atoms with Crippen LogP contribution in [0.15, 0.2) is 42.5 Å². The van der Waals surface area contributed by atoms with Crippen LogP contribution in [0.3, 0.4) is 0 Å². The fourth-order valence-corrected chi connectivity index (χ4v) is 4.36. The fraction of sp³-hybridized carbons (Fsp3) is 0.481. The standard InChI is InChI=1S/C27H34ClNO6/c1-5-33-25(31)17-34-21-13-12-18-8-7-11-23(22(18)15-21)29(26(32)35-27(2,3)4)16-24(30)19-9-6-10-20(28)14-19/h6,9-10,12-15,23-24,30H,5,7-8,11,16-17H2,1-4H3. The third kappa shape index (κ3) is 7.61. The summed E-state index contributed by atoms with van der Waals surface area (Å²) in [5.74, 6) is 0.0741. The van der Waals surface area contributed by atoms with Gasteiger partial charge < -0.3 is 19.3 Å². The van der Waals surface area contributed by atoms with E-state index in [-0.39, 0.29) is 25.8 Å². The Morgan fingerprint density at radius 1 is 1.20 bits per heavy atom. The van der Waals surface area contributed by atoms with Gasteiger partial charge in [-0.05, 0) is 87.9 Å². The maximum absolute atomic E-state index is 13.3. The van der Waals surface area contributed by atoms with E-state index in [1.807, 2.05) is 39.0 Å². The zero-order chi connectivity index (χ0) is 25.6. The molecule has 0 saturated heterocycles. The second kappa shape index (κ2) is 11.8. The van der Waals surface area contributed by atoms with Crippen molar-refractivity contribution in [1.29, 1.82) is 0 Å². The summed E-state index contributed by atoms with van der Waals surface area (Å²) in [6.45, 7) is 7.30. The van der Waals surface area contributed by atoms with Gasteiger partial charge in [-0.15, -0.1) is 0 Å². The van der Waals surface area contributed by atoms with Crippen molar-refractivity contribution in [2.75, 3.05) is 19.8 Å². The molecule has 0 aliphatic heterocycles. The van der Waals surface area contributed by atoms with Crippen molar-refractivity contribution >= 4 is 23.7 Å². The van der Waals surface area contributed by atoms with Gasteiger partial charge in [0.25, 0.3) is 0 Å². The van der Waals surface area contributed by atoms with Gasteiger partial charge in [-0.25, -0.2) is 9.59 Å². The highest BCUT2D eigenvalue weighted by atomic mass is 35.5. The van der Waals surface area contributed by atoms with E-state index >= 15 is 0 Å². The van der Waals surface area contributed by atoms with Crippen molar-refractivity contribution in [3.8, 4) is 5.75 Å². The first-order valence-electron chi connectivity index (χ1n) is 11.9. The van der Waals surface area contributed by atoms with Gasteiger partial charge in [-0.2, -0.15) is 0 Å². The van der Waals surface area contributed by atoms with E-state index in [4.69, 9.17) is 25.8 Å². The van der Waals surface area contributed by atoms with E-state index in [0.717, 1.165) is 24.0 Å². The molecule has 1 aliphatic carbocycles. The smallest absolute Gasteiger partial charge is 0.410 e. The summed E-state index contributed by atoms with van der Waals surface area (Å²) >= 11 is 6.12. The molecule has 7 nitrogen and oxygen atoms in total. The molecule has 0 aromatic heterocycles. The molecule has 3 rings (SSSR count). The van der Waals surface area contributed by atoms with Crippen LogP contribution in [0.5, 0.6) is 5.75 Å². The minimum atomic E-state index is -0.949. The van der Waals surface area contributed by atoms with E-state index in [9.17, 15) is 14.7 Å². The van der Waals surface area contributed by atoms with Crippen LogP contribution in [-0.2, 0) is 20.7 Å². The van der Waals surface area contributed by atoms with Crippen molar-refractivity contribution in [1.82, 2.24) is 4.90 Å². The summed E-state index contributed by atoms with van der Waals surface area (Å²) in [7, 11) is 0. The van der Waals surface area contributed by atoms with Crippen molar-refractivity contribution in [2.24, 2.45) is 0 Å². The Balaban J connectivity index is 1.90. The number of carbonyl (C=O) groups excluding carboxylic acids is 2. The third-order valence-electron chi connectivity index (χ3n) is 5.67. The highest BCUT2D eigenvalue weighted by Gasteiger charge is 2.34. The van der Waals surface area contributed by atoms with Gasteiger partial charge in [-0.1, -0.05) is 29.8 Å². The summed E-state index contributed by atoms with van der Waals surface area (Å²) in [4.78, 5) is 26.7. The molecule has 0 spiro atoms. The molecular formula is C27H34ClNO6. The number of aryl methyl sites for hydroxylation is 1. The maximum Gasteiger partial charge on any atom is 0.410 e. The number of fused-ring (bicyclic) bond motifs is 1. The van der Waals surface area contributed by atoms with Crippen LogP contribution in [0.1, 0.15) is 69.4 Å². The Morgan fingerprint density at radius 2 is 1.97 bits per heavy atom. The van der Waals surface area contributed by atoms with Gasteiger partial charge in [-0.3, -0.25) is 4.90 Å². The average molecular weight is 504 g/mol. The molecule has 0 heterocycles. The number of halogens is 1. The Kier molecular flexibility index (Phi) is 9.03. The highest BCUT2D eigenvalue weighted by Crippen LogP contribution is 2.38. The molecule has 2 aromatic carbocycles. The lowest BCUT2D eigenvalue weighted by Gasteiger charge is -2.38. The highest BCUT2D eigenvalue weighted by molar-refractivity contribution is 6.30. The van der Waals surface area contributed by atoms with Crippen LogP contribution < -0.4 is 4.74 Å². The molecule has 2 atom stereocenters. The topological polar surface area (TPSA) is 85.3 Å². The molecule has 0 fully saturated rings. The average Bonchev–Trinajstić information content (AvgIpc) is 2.79. The monoisotopic (exact) mass is 503 g/mol. The fourth-order valence-electron chi connectivity index (χ4n) is 4.17. The van der Waals surface area contributed by atoms with Gasteiger partial charge in [0, 0.05) is 5.02 Å². The molecule has 190 valence electrons. The molecular weight excluding hydrogens is 470 g/mol. The number of rotatable bonds is 8. The van der Waals surface area contributed by atoms with Gasteiger partial charge in [0.05, 0.1) is 25.3 Å². The third-order valence-corrected chi connectivity index (χ3v) is 5.90. The first-order chi connectivity index (χ1) is 16.6. The normalized spacial score (nSPS) is 16.1. The maximum atomic E-state index is 13.3. The van der Waals surface area contributed by atoms with E-state index in [0.29, 0.717) is 22.8 Å². The van der Waals surface area contributed by atoms with E-state index in [1.54, 1.807) is 36.1 Å². The number of aliphatic hydroxyl groups is 1. The number of hydrogen-bond acceptors (Lipinski definition) is 6. The SMILES string of the molecule is CCOC(=O)COc1ccc2c(c1)C(N(CC(O)c1cccc(Cl)c1)C(=O)OC(C)(C)C)CCC2. The number of nitrogens with zero attached hydrogens (tertiary/aromatic N) is 1. The summed E-state index contributed by atoms with van der Waals surface area (Å²) in [5, 5.41) is 11.5. The molecule has 1 amide bonds. The summed E-state index contributed by atoms with van der Waals surface area (Å²) in [5.41, 5.74) is 1.93. The lowest BCUT2D eigenvalue weighted by molar-refractivity contribution is -0.145. The number of carbonyl (C=O) groups is 2. The van der Waals surface area contributed by atoms with Crippen molar-refractivity contribution in [3.63, 3.8) is 0 Å². The van der Waals surface area contributed by atoms with Crippen molar-refractivity contribution in [3.05, 3.63) is 64.2 Å². The molecule has 1 N–H and O–H groups in total. The van der Waals surface area contributed by atoms with Crippen LogP contribution in [0.25, 0.3) is 0 Å². The van der Waals surface area contributed by atoms with Gasteiger partial charge in [0.15, 0.2) is 6.61 Å². The van der Waals surface area contributed by atoms with E-state index in [1.165, 1.54) is 0 Å². The molecule has 2 unspecified atom stereocenters. The van der Waals surface area contributed by atoms with Gasteiger partial charge in [0.2, 0.25) is 0 Å². The number of benzene rings is 2. The second-order valence-electron chi connectivity index (χ2n) is 9.57. The Morgan fingerprint density at radius 3 is 2.66 bits per heavy atom. The minimum Gasteiger partial charge on any atom is -0.482 e. The van der Waals surface area contributed by atoms with Gasteiger partial charge >= 0.3 is 12.1 Å². The van der Waals surface area contributed by atoms with Crippen LogP contribution in [-0.4, -0.2) is 47.4 Å². The Hall–Kier alpha value is -2.77. The van der Waals surface area contributed by atoms with Gasteiger partial charge in [0.1, 0.15) is 11.4 Å². The lowest BCUT2D eigenvalue weighted by Crippen LogP contribution is -2.42. The van der Waals surface area contributed by atoms with Crippen LogP contribution in [0.2, 0.25) is 5.02 Å². The zero-order valence-corrected chi connectivity index (χ0v) is 21.5. The first kappa shape index (κ1) is 26.8. The van der Waals surface area contributed by atoms with Crippen LogP contribution in [0.4, 0.5) is 4.79 Å². The quantitative estimate of drug-likeness (QED) is 0.470. The molecule has 8 heteroatoms. The Bertz CT molecular complexity index is 1030. The number of hydrogen-bond donors (Lipinski definition) is 1. The predicted molar refractivity (Wildman–Crippen MR) is 134 cm³/mol. The van der Waals surface area contributed by atoms with Crippen molar-refractivity contribution < 1.29 is 28.9 Å². The predicted octanol–water partition coefficient (Wildman–Crippen LogP) is 5.63. The first-order valence-corrected chi connectivity index (χ1v) is 12.3. The Labute approximate surface area is 211 Å². The molecule has 0 radical (unpaired) electrons. The molecule has 0 bridgehead atoms. The molecule has 2 aromatic rings. The second-order valence-corrected chi connectivity index (χ2v) is 10.0. The number of ether oxygens (including phenoxy) is 3. The minimum absolute atomic E-state index is 0.0350. The number of esters is 1. The largest absolute Gasteiger partial charge is 0.482 e. The lowest BCUT2D eigenvalue weighted by atomic mass is 9.86.